The lowest BCUT2D eigenvalue weighted by molar-refractivity contribution is 0.841. The highest BCUT2D eigenvalue weighted by Gasteiger charge is 2.13. The number of rotatable bonds is 3. The molecule has 0 saturated heterocycles. The number of pyridine rings is 1. The number of benzene rings is 1. The fraction of sp³-hybridized carbons (Fsp3) is 0.154. The van der Waals surface area contributed by atoms with Crippen LogP contribution >= 0.6 is 23.3 Å². The molecule has 0 fully saturated rings. The van der Waals surface area contributed by atoms with Gasteiger partial charge in [-0.2, -0.15) is 8.75 Å². The minimum absolute atomic E-state index is 0.0472. The topological polar surface area (TPSA) is 50.7 Å². The largest absolute Gasteiger partial charge is 0.374 e. The average molecular weight is 291 g/mol. The van der Waals surface area contributed by atoms with Crippen LogP contribution in [0.5, 0.6) is 0 Å². The summed E-state index contributed by atoms with van der Waals surface area (Å²) in [6.07, 6.45) is 1.78. The molecule has 1 unspecified atom stereocenters. The van der Waals surface area contributed by atoms with Crippen molar-refractivity contribution in [2.24, 2.45) is 0 Å². The molecule has 2 aromatic heterocycles. The van der Waals surface area contributed by atoms with E-state index in [-0.39, 0.29) is 6.04 Å². The molecule has 1 N–H and O–H groups in total. The van der Waals surface area contributed by atoms with Crippen molar-refractivity contribution in [2.75, 3.05) is 5.32 Å². The van der Waals surface area contributed by atoms with Crippen molar-refractivity contribution in [3.63, 3.8) is 0 Å². The molecule has 0 aliphatic heterocycles. The maximum atomic E-state index is 6.25. The lowest BCUT2D eigenvalue weighted by Crippen LogP contribution is -2.08. The first-order valence-electron chi connectivity index (χ1n) is 5.84. The van der Waals surface area contributed by atoms with E-state index in [4.69, 9.17) is 11.6 Å². The van der Waals surface area contributed by atoms with Gasteiger partial charge in [0.1, 0.15) is 11.0 Å². The Labute approximate surface area is 119 Å². The number of hydrogen-bond acceptors (Lipinski definition) is 5. The number of hydrogen-bond donors (Lipinski definition) is 1. The Balaban J connectivity index is 1.97. The van der Waals surface area contributed by atoms with E-state index in [2.05, 4.69) is 19.0 Å². The number of aromatic nitrogens is 3. The van der Waals surface area contributed by atoms with Gasteiger partial charge in [0.05, 0.1) is 34.2 Å². The summed E-state index contributed by atoms with van der Waals surface area (Å²) in [7, 11) is 0. The first-order chi connectivity index (χ1) is 9.25. The predicted octanol–water partition coefficient (Wildman–Crippen LogP) is 3.91. The lowest BCUT2D eigenvalue weighted by Gasteiger charge is -2.15. The molecule has 19 heavy (non-hydrogen) atoms. The number of fused-ring (bicyclic) bond motifs is 1. The van der Waals surface area contributed by atoms with Crippen LogP contribution in [0.1, 0.15) is 18.7 Å². The van der Waals surface area contributed by atoms with Crippen LogP contribution in [-0.4, -0.2) is 13.7 Å². The third-order valence-electron chi connectivity index (χ3n) is 2.87. The van der Waals surface area contributed by atoms with Crippen LogP contribution in [0.2, 0.25) is 5.02 Å². The van der Waals surface area contributed by atoms with Gasteiger partial charge in [-0.1, -0.05) is 17.7 Å². The molecule has 0 amide bonds. The van der Waals surface area contributed by atoms with Gasteiger partial charge in [-0.05, 0) is 31.2 Å². The van der Waals surface area contributed by atoms with Crippen LogP contribution < -0.4 is 5.32 Å². The summed E-state index contributed by atoms with van der Waals surface area (Å²) >= 11 is 7.43. The molecule has 6 heteroatoms. The number of anilines is 1. The summed E-state index contributed by atoms with van der Waals surface area (Å²) in [6, 6.07) is 9.59. The van der Waals surface area contributed by atoms with E-state index in [0.29, 0.717) is 5.02 Å². The molecule has 2 heterocycles. The van der Waals surface area contributed by atoms with Crippen molar-refractivity contribution in [2.45, 2.75) is 13.0 Å². The summed E-state index contributed by atoms with van der Waals surface area (Å²) in [5, 5.41) is 4.01. The van der Waals surface area contributed by atoms with E-state index >= 15 is 0 Å². The minimum Gasteiger partial charge on any atom is -0.374 e. The molecular formula is C13H11ClN4S. The molecular weight excluding hydrogens is 280 g/mol. The number of nitrogens with zero attached hydrogens (tertiary/aromatic N) is 3. The van der Waals surface area contributed by atoms with Gasteiger partial charge >= 0.3 is 0 Å². The third kappa shape index (κ3) is 2.39. The summed E-state index contributed by atoms with van der Waals surface area (Å²) < 4.78 is 8.51. The second-order valence-electron chi connectivity index (χ2n) is 4.17. The Kier molecular flexibility index (Phi) is 3.31. The molecule has 3 rings (SSSR count). The van der Waals surface area contributed by atoms with Crippen molar-refractivity contribution in [3.8, 4) is 0 Å². The first kappa shape index (κ1) is 12.3. The van der Waals surface area contributed by atoms with Gasteiger partial charge in [0.15, 0.2) is 0 Å². The van der Waals surface area contributed by atoms with E-state index in [0.717, 1.165) is 22.4 Å². The molecule has 0 aliphatic rings. The summed E-state index contributed by atoms with van der Waals surface area (Å²) in [5.41, 5.74) is 3.43. The molecule has 3 aromatic rings. The smallest absolute Gasteiger partial charge is 0.129 e. The average Bonchev–Trinajstić information content (AvgIpc) is 2.91. The summed E-state index contributed by atoms with van der Waals surface area (Å²) in [5.74, 6) is 0. The van der Waals surface area contributed by atoms with Crippen LogP contribution in [0, 0.1) is 0 Å². The molecule has 0 spiro atoms. The van der Waals surface area contributed by atoms with Crippen LogP contribution in [0.25, 0.3) is 11.0 Å². The Morgan fingerprint density at radius 3 is 2.89 bits per heavy atom. The Morgan fingerprint density at radius 1 is 1.21 bits per heavy atom. The first-order valence-corrected chi connectivity index (χ1v) is 6.95. The van der Waals surface area contributed by atoms with Crippen LogP contribution in [0.4, 0.5) is 5.69 Å². The zero-order chi connectivity index (χ0) is 13.2. The fourth-order valence-electron chi connectivity index (χ4n) is 1.89. The highest BCUT2D eigenvalue weighted by Crippen LogP contribution is 2.32. The highest BCUT2D eigenvalue weighted by molar-refractivity contribution is 7.00. The van der Waals surface area contributed by atoms with Crippen molar-refractivity contribution in [1.82, 2.24) is 13.7 Å². The van der Waals surface area contributed by atoms with Gasteiger partial charge in [0.2, 0.25) is 0 Å². The lowest BCUT2D eigenvalue weighted by atomic mass is 10.2. The number of nitrogens with one attached hydrogen (secondary N) is 1. The van der Waals surface area contributed by atoms with Crippen molar-refractivity contribution < 1.29 is 0 Å². The van der Waals surface area contributed by atoms with Crippen LogP contribution in [0.3, 0.4) is 0 Å². The van der Waals surface area contributed by atoms with Gasteiger partial charge in [-0.3, -0.25) is 4.98 Å². The maximum Gasteiger partial charge on any atom is 0.129 e. The Bertz CT molecular complexity index is 698. The molecule has 0 radical (unpaired) electrons. The Morgan fingerprint density at radius 2 is 2.11 bits per heavy atom. The fourth-order valence-corrected chi connectivity index (χ4v) is 2.64. The quantitative estimate of drug-likeness (QED) is 0.794. The maximum absolute atomic E-state index is 6.25. The van der Waals surface area contributed by atoms with Gasteiger partial charge < -0.3 is 5.32 Å². The molecule has 96 valence electrons. The molecule has 1 aromatic carbocycles. The monoisotopic (exact) mass is 290 g/mol. The van der Waals surface area contributed by atoms with Crippen molar-refractivity contribution in [3.05, 3.63) is 47.2 Å². The molecule has 0 bridgehead atoms. The van der Waals surface area contributed by atoms with Crippen LogP contribution in [-0.2, 0) is 0 Å². The SMILES string of the molecule is CC(Nc1c(Cl)ccc2nsnc12)c1ccccn1. The van der Waals surface area contributed by atoms with Crippen molar-refractivity contribution in [1.29, 1.82) is 0 Å². The summed E-state index contributed by atoms with van der Waals surface area (Å²) in [4.78, 5) is 4.33. The zero-order valence-corrected chi connectivity index (χ0v) is 11.7. The van der Waals surface area contributed by atoms with E-state index < -0.39 is 0 Å². The normalized spacial score (nSPS) is 12.5. The minimum atomic E-state index is 0.0472. The predicted molar refractivity (Wildman–Crippen MR) is 78.7 cm³/mol. The number of halogens is 1. The van der Waals surface area contributed by atoms with E-state index in [1.54, 1.807) is 6.20 Å². The highest BCUT2D eigenvalue weighted by atomic mass is 35.5. The molecule has 0 aliphatic carbocycles. The van der Waals surface area contributed by atoms with Gasteiger partial charge in [-0.15, -0.1) is 0 Å². The van der Waals surface area contributed by atoms with Crippen molar-refractivity contribution >= 4 is 40.0 Å². The van der Waals surface area contributed by atoms with E-state index in [9.17, 15) is 0 Å². The molecule has 1 atom stereocenters. The summed E-state index contributed by atoms with van der Waals surface area (Å²) in [6.45, 7) is 2.04. The van der Waals surface area contributed by atoms with Gasteiger partial charge in [-0.25, -0.2) is 0 Å². The zero-order valence-electron chi connectivity index (χ0n) is 10.2. The second-order valence-corrected chi connectivity index (χ2v) is 5.11. The molecule has 0 saturated carbocycles. The standard InChI is InChI=1S/C13H11ClN4S/c1-8(10-4-2-3-7-15-10)16-12-9(14)5-6-11-13(12)18-19-17-11/h2-8,16H,1H3. The van der Waals surface area contributed by atoms with Gasteiger partial charge in [0, 0.05) is 6.20 Å². The van der Waals surface area contributed by atoms with Crippen LogP contribution in [0.15, 0.2) is 36.5 Å². The third-order valence-corrected chi connectivity index (χ3v) is 3.73. The molecule has 4 nitrogen and oxygen atoms in total. The Hall–Kier alpha value is -1.72. The van der Waals surface area contributed by atoms with E-state index in [1.807, 2.05) is 37.3 Å². The van der Waals surface area contributed by atoms with Gasteiger partial charge in [0.25, 0.3) is 0 Å². The van der Waals surface area contributed by atoms with E-state index in [1.165, 1.54) is 11.7 Å². The second kappa shape index (κ2) is 5.11.